The van der Waals surface area contributed by atoms with E-state index in [1.165, 1.54) is 19.2 Å². The quantitative estimate of drug-likeness (QED) is 0.793. The second-order valence-electron chi connectivity index (χ2n) is 4.05. The van der Waals surface area contributed by atoms with Crippen molar-refractivity contribution in [2.75, 3.05) is 7.11 Å². The molecule has 0 aromatic heterocycles. The summed E-state index contributed by atoms with van der Waals surface area (Å²) in [6.07, 6.45) is 2.34. The summed E-state index contributed by atoms with van der Waals surface area (Å²) in [6.45, 7) is 2.04. The molecule has 17 heavy (non-hydrogen) atoms. The molecule has 0 aliphatic carbocycles. The lowest BCUT2D eigenvalue weighted by molar-refractivity contribution is -0.142. The monoisotopic (exact) mass is 237 g/mol. The van der Waals surface area contributed by atoms with Gasteiger partial charge in [0.15, 0.2) is 5.60 Å². The van der Waals surface area contributed by atoms with Crippen LogP contribution in [0, 0.1) is 0 Å². The zero-order valence-electron chi connectivity index (χ0n) is 10.3. The predicted molar refractivity (Wildman–Crippen MR) is 65.5 cm³/mol. The second kappa shape index (κ2) is 5.68. The number of rotatable bonds is 6. The normalized spacial score (nSPS) is 14.2. The Bertz CT molecular complexity index is 375. The molecule has 0 radical (unpaired) electrons. The third-order valence-electron chi connectivity index (χ3n) is 2.96. The van der Waals surface area contributed by atoms with Crippen LogP contribution >= 0.6 is 0 Å². The van der Waals surface area contributed by atoms with Crippen molar-refractivity contribution in [3.05, 3.63) is 29.8 Å². The van der Waals surface area contributed by atoms with Crippen molar-refractivity contribution in [2.24, 2.45) is 5.73 Å². The number of ether oxygens (including phenoxy) is 1. The summed E-state index contributed by atoms with van der Waals surface area (Å²) in [6, 6.07) is 6.38. The number of methoxy groups -OCH3 is 1. The SMILES string of the molecule is CCCCC(OC)(C(N)=O)c1ccc(O)cc1. The van der Waals surface area contributed by atoms with E-state index in [1.54, 1.807) is 12.1 Å². The van der Waals surface area contributed by atoms with Gasteiger partial charge in [0.1, 0.15) is 5.75 Å². The van der Waals surface area contributed by atoms with Crippen molar-refractivity contribution < 1.29 is 14.6 Å². The minimum atomic E-state index is -1.09. The van der Waals surface area contributed by atoms with Crippen LogP contribution in [0.1, 0.15) is 31.7 Å². The van der Waals surface area contributed by atoms with Crippen LogP contribution in [0.2, 0.25) is 0 Å². The number of hydrogen-bond acceptors (Lipinski definition) is 3. The van der Waals surface area contributed by atoms with Gasteiger partial charge in [-0.2, -0.15) is 0 Å². The molecule has 3 N–H and O–H groups in total. The summed E-state index contributed by atoms with van der Waals surface area (Å²) in [7, 11) is 1.48. The van der Waals surface area contributed by atoms with Gasteiger partial charge in [0.25, 0.3) is 5.91 Å². The highest BCUT2D eigenvalue weighted by molar-refractivity contribution is 5.85. The van der Waals surface area contributed by atoms with Gasteiger partial charge in [-0.05, 0) is 30.5 Å². The van der Waals surface area contributed by atoms with E-state index in [0.29, 0.717) is 12.0 Å². The van der Waals surface area contributed by atoms with E-state index in [4.69, 9.17) is 10.5 Å². The number of nitrogens with two attached hydrogens (primary N) is 1. The summed E-state index contributed by atoms with van der Waals surface area (Å²) >= 11 is 0. The molecule has 0 saturated carbocycles. The molecule has 1 amide bonds. The summed E-state index contributed by atoms with van der Waals surface area (Å²) < 4.78 is 5.37. The van der Waals surface area contributed by atoms with Gasteiger partial charge in [0.05, 0.1) is 0 Å². The smallest absolute Gasteiger partial charge is 0.254 e. The molecule has 0 heterocycles. The summed E-state index contributed by atoms with van der Waals surface area (Å²) in [5, 5.41) is 9.25. The maximum Gasteiger partial charge on any atom is 0.254 e. The molecule has 1 aromatic rings. The Morgan fingerprint density at radius 3 is 2.41 bits per heavy atom. The van der Waals surface area contributed by atoms with Crippen LogP contribution in [0.3, 0.4) is 0 Å². The highest BCUT2D eigenvalue weighted by Crippen LogP contribution is 2.31. The molecule has 1 unspecified atom stereocenters. The largest absolute Gasteiger partial charge is 0.508 e. The number of carbonyl (C=O) groups is 1. The van der Waals surface area contributed by atoms with E-state index in [0.717, 1.165) is 12.8 Å². The molecular weight excluding hydrogens is 218 g/mol. The molecule has 0 aliphatic rings. The maximum atomic E-state index is 11.7. The van der Waals surface area contributed by atoms with E-state index >= 15 is 0 Å². The molecule has 0 aliphatic heterocycles. The Hall–Kier alpha value is -1.55. The molecule has 0 spiro atoms. The van der Waals surface area contributed by atoms with Gasteiger partial charge in [-0.3, -0.25) is 4.79 Å². The number of unbranched alkanes of at least 4 members (excludes halogenated alkanes) is 1. The third kappa shape index (κ3) is 2.77. The molecule has 0 bridgehead atoms. The Labute approximate surface area is 101 Å². The highest BCUT2D eigenvalue weighted by Gasteiger charge is 2.37. The number of phenolic OH excluding ortho intramolecular Hbond substituents is 1. The van der Waals surface area contributed by atoms with E-state index < -0.39 is 11.5 Å². The van der Waals surface area contributed by atoms with Crippen LogP contribution in [0.15, 0.2) is 24.3 Å². The Morgan fingerprint density at radius 1 is 1.41 bits per heavy atom. The van der Waals surface area contributed by atoms with Crippen molar-refractivity contribution in [2.45, 2.75) is 31.8 Å². The predicted octanol–water partition coefficient (Wildman–Crippen LogP) is 1.91. The van der Waals surface area contributed by atoms with Crippen LogP contribution in [0.4, 0.5) is 0 Å². The lowest BCUT2D eigenvalue weighted by Crippen LogP contribution is -2.42. The molecule has 1 aromatic carbocycles. The Kier molecular flexibility index (Phi) is 4.52. The number of phenols is 1. The number of aromatic hydroxyl groups is 1. The first-order valence-corrected chi connectivity index (χ1v) is 5.71. The first kappa shape index (κ1) is 13.5. The van der Waals surface area contributed by atoms with Crippen LogP contribution in [0.5, 0.6) is 5.75 Å². The fourth-order valence-electron chi connectivity index (χ4n) is 1.89. The number of benzene rings is 1. The van der Waals surface area contributed by atoms with Crippen molar-refractivity contribution in [3.63, 3.8) is 0 Å². The molecular formula is C13H19NO3. The molecule has 0 fully saturated rings. The highest BCUT2D eigenvalue weighted by atomic mass is 16.5. The van der Waals surface area contributed by atoms with Gasteiger partial charge < -0.3 is 15.6 Å². The van der Waals surface area contributed by atoms with Crippen LogP contribution < -0.4 is 5.73 Å². The summed E-state index contributed by atoms with van der Waals surface area (Å²) in [5.74, 6) is -0.349. The molecule has 4 heteroatoms. The number of primary amides is 1. The standard InChI is InChI=1S/C13H19NO3/c1-3-4-9-13(17-2,12(14)16)10-5-7-11(15)8-6-10/h5-8,15H,3-4,9H2,1-2H3,(H2,14,16). The molecule has 1 atom stereocenters. The van der Waals surface area contributed by atoms with E-state index in [1.807, 2.05) is 6.92 Å². The van der Waals surface area contributed by atoms with E-state index in [9.17, 15) is 9.90 Å². The fraction of sp³-hybridized carbons (Fsp3) is 0.462. The number of hydrogen-bond donors (Lipinski definition) is 2. The van der Waals surface area contributed by atoms with E-state index in [-0.39, 0.29) is 5.75 Å². The second-order valence-corrected chi connectivity index (χ2v) is 4.05. The van der Waals surface area contributed by atoms with Gasteiger partial charge in [0.2, 0.25) is 0 Å². The lowest BCUT2D eigenvalue weighted by Gasteiger charge is -2.29. The first-order chi connectivity index (χ1) is 8.06. The first-order valence-electron chi connectivity index (χ1n) is 5.71. The zero-order valence-corrected chi connectivity index (χ0v) is 10.3. The Balaban J connectivity index is 3.12. The Morgan fingerprint density at radius 2 is 2.00 bits per heavy atom. The average molecular weight is 237 g/mol. The molecule has 94 valence electrons. The van der Waals surface area contributed by atoms with Crippen LogP contribution in [-0.4, -0.2) is 18.1 Å². The van der Waals surface area contributed by atoms with Crippen LogP contribution in [-0.2, 0) is 15.1 Å². The maximum absolute atomic E-state index is 11.7. The molecule has 1 rings (SSSR count). The van der Waals surface area contributed by atoms with Gasteiger partial charge in [0, 0.05) is 7.11 Å². The van der Waals surface area contributed by atoms with Gasteiger partial charge >= 0.3 is 0 Å². The minimum Gasteiger partial charge on any atom is -0.508 e. The minimum absolute atomic E-state index is 0.152. The lowest BCUT2D eigenvalue weighted by atomic mass is 9.87. The van der Waals surface area contributed by atoms with Crippen molar-refractivity contribution in [1.82, 2.24) is 0 Å². The number of amides is 1. The van der Waals surface area contributed by atoms with Crippen molar-refractivity contribution in [3.8, 4) is 5.75 Å². The average Bonchev–Trinajstić information content (AvgIpc) is 2.32. The van der Waals surface area contributed by atoms with Crippen molar-refractivity contribution >= 4 is 5.91 Å². The van der Waals surface area contributed by atoms with Crippen molar-refractivity contribution in [1.29, 1.82) is 0 Å². The topological polar surface area (TPSA) is 72.5 Å². The van der Waals surface area contributed by atoms with Gasteiger partial charge in [-0.25, -0.2) is 0 Å². The fourth-order valence-corrected chi connectivity index (χ4v) is 1.89. The van der Waals surface area contributed by atoms with Crippen LogP contribution in [0.25, 0.3) is 0 Å². The van der Waals surface area contributed by atoms with E-state index in [2.05, 4.69) is 0 Å². The zero-order chi connectivity index (χ0) is 12.9. The molecule has 0 saturated heterocycles. The van der Waals surface area contributed by atoms with Gasteiger partial charge in [-0.1, -0.05) is 25.5 Å². The molecule has 4 nitrogen and oxygen atoms in total. The summed E-state index contributed by atoms with van der Waals surface area (Å²) in [4.78, 5) is 11.7. The summed E-state index contributed by atoms with van der Waals surface area (Å²) in [5.41, 5.74) is 5.05. The number of carbonyl (C=O) groups excluding carboxylic acids is 1. The third-order valence-corrected chi connectivity index (χ3v) is 2.96. The van der Waals surface area contributed by atoms with Gasteiger partial charge in [-0.15, -0.1) is 0 Å².